The molecule has 1 N–H and O–H groups in total. The molecule has 2 nitrogen and oxygen atoms in total. The van der Waals surface area contributed by atoms with E-state index in [-0.39, 0.29) is 0 Å². The maximum atomic E-state index is 5.16. The zero-order valence-electron chi connectivity index (χ0n) is 30.7. The van der Waals surface area contributed by atoms with Crippen molar-refractivity contribution in [3.8, 4) is 55.8 Å². The highest BCUT2D eigenvalue weighted by atomic mass is 14.9. The lowest BCUT2D eigenvalue weighted by Crippen LogP contribution is -2.05. The van der Waals surface area contributed by atoms with Gasteiger partial charge in [0.15, 0.2) is 0 Å². The molecule has 0 amide bonds. The standard InChI is InChI=1S/C54H36N2/c1-2-9-35(10-3-1)37-18-23-40(24-19-37)51-46-14-6-7-15-47(46)52(45-27-20-36-11-4-5-12-43(36)33-45)48-30-28-44(34-49(48)51)38-16-21-39(22-17-38)50-31-29-42-26-25-41-13-8-32-55-53(41)54(42)56-50/h1-31,33-34,55H,32H2. The summed E-state index contributed by atoms with van der Waals surface area (Å²) < 4.78 is 0. The average molecular weight is 713 g/mol. The van der Waals surface area contributed by atoms with E-state index in [4.69, 9.17) is 4.98 Å². The van der Waals surface area contributed by atoms with Crippen LogP contribution in [0, 0.1) is 0 Å². The molecule has 0 atom stereocenters. The van der Waals surface area contributed by atoms with Crippen LogP contribution >= 0.6 is 0 Å². The van der Waals surface area contributed by atoms with Gasteiger partial charge in [-0.05, 0) is 101 Å². The highest BCUT2D eigenvalue weighted by Gasteiger charge is 2.18. The Balaban J connectivity index is 1.08. The second-order valence-corrected chi connectivity index (χ2v) is 14.7. The maximum absolute atomic E-state index is 5.16. The van der Waals surface area contributed by atoms with Gasteiger partial charge in [-0.15, -0.1) is 0 Å². The Morgan fingerprint density at radius 2 is 0.946 bits per heavy atom. The van der Waals surface area contributed by atoms with Crippen LogP contribution in [0.2, 0.25) is 0 Å². The third kappa shape index (κ3) is 5.46. The van der Waals surface area contributed by atoms with Crippen molar-refractivity contribution in [2.75, 3.05) is 11.9 Å². The molecule has 1 aliphatic heterocycles. The van der Waals surface area contributed by atoms with Crippen molar-refractivity contribution in [3.63, 3.8) is 0 Å². The highest BCUT2D eigenvalue weighted by molar-refractivity contribution is 6.22. The summed E-state index contributed by atoms with van der Waals surface area (Å²) in [5.41, 5.74) is 15.1. The van der Waals surface area contributed by atoms with E-state index < -0.39 is 0 Å². The zero-order chi connectivity index (χ0) is 37.0. The normalized spacial score (nSPS) is 12.3. The number of rotatable bonds is 5. The van der Waals surface area contributed by atoms with Gasteiger partial charge in [-0.1, -0.05) is 182 Å². The SMILES string of the molecule is C1=Cc2ccc3ccc(-c4ccc(-c5ccc6c(-c7ccc8ccccc8c7)c7ccccc7c(-c7ccc(-c8ccccc8)cc7)c6c5)cc4)nc3c2NC1. The minimum absolute atomic E-state index is 0.818. The molecule has 0 fully saturated rings. The van der Waals surface area contributed by atoms with Crippen molar-refractivity contribution >= 4 is 55.0 Å². The van der Waals surface area contributed by atoms with Crippen LogP contribution in [-0.4, -0.2) is 11.5 Å². The predicted molar refractivity (Wildman–Crippen MR) is 239 cm³/mol. The number of fused-ring (bicyclic) bond motifs is 6. The first-order chi connectivity index (χ1) is 27.7. The lowest BCUT2D eigenvalue weighted by molar-refractivity contribution is 1.30. The predicted octanol–water partition coefficient (Wildman–Crippen LogP) is 14.5. The van der Waals surface area contributed by atoms with E-state index in [0.29, 0.717) is 0 Å². The Morgan fingerprint density at radius 1 is 0.375 bits per heavy atom. The molecule has 0 aliphatic carbocycles. The molecule has 9 aromatic carbocycles. The van der Waals surface area contributed by atoms with Crippen LogP contribution in [0.15, 0.2) is 194 Å². The summed E-state index contributed by atoms with van der Waals surface area (Å²) in [5.74, 6) is 0. The maximum Gasteiger partial charge on any atom is 0.0947 e. The fourth-order valence-electron chi connectivity index (χ4n) is 8.65. The molecule has 1 aromatic heterocycles. The highest BCUT2D eigenvalue weighted by Crippen LogP contribution is 2.45. The minimum Gasteiger partial charge on any atom is -0.379 e. The molecule has 0 saturated heterocycles. The van der Waals surface area contributed by atoms with E-state index in [9.17, 15) is 0 Å². The van der Waals surface area contributed by atoms with Gasteiger partial charge in [0.2, 0.25) is 0 Å². The topological polar surface area (TPSA) is 24.9 Å². The number of anilines is 1. The van der Waals surface area contributed by atoms with E-state index in [0.717, 1.165) is 34.4 Å². The fourth-order valence-corrected chi connectivity index (χ4v) is 8.65. The lowest BCUT2D eigenvalue weighted by atomic mass is 9.84. The van der Waals surface area contributed by atoms with Crippen LogP contribution < -0.4 is 5.32 Å². The lowest BCUT2D eigenvalue weighted by Gasteiger charge is -2.19. The van der Waals surface area contributed by atoms with E-state index >= 15 is 0 Å². The molecular weight excluding hydrogens is 677 g/mol. The molecular formula is C54H36N2. The molecule has 262 valence electrons. The first-order valence-electron chi connectivity index (χ1n) is 19.3. The van der Waals surface area contributed by atoms with E-state index in [1.807, 2.05) is 0 Å². The Labute approximate surface area is 326 Å². The second kappa shape index (κ2) is 13.2. The van der Waals surface area contributed by atoms with Gasteiger partial charge in [0.05, 0.1) is 16.9 Å². The van der Waals surface area contributed by atoms with Gasteiger partial charge in [-0.3, -0.25) is 0 Å². The number of hydrogen-bond donors (Lipinski definition) is 1. The van der Waals surface area contributed by atoms with Crippen LogP contribution in [0.1, 0.15) is 5.56 Å². The van der Waals surface area contributed by atoms with Gasteiger partial charge in [-0.2, -0.15) is 0 Å². The summed E-state index contributed by atoms with van der Waals surface area (Å²) in [5, 5.41) is 12.2. The van der Waals surface area contributed by atoms with Crippen LogP contribution in [-0.2, 0) is 0 Å². The number of pyridine rings is 1. The fraction of sp³-hybridized carbons (Fsp3) is 0.0185. The molecule has 1 aliphatic rings. The minimum atomic E-state index is 0.818. The molecule has 0 bridgehead atoms. The Hall–Kier alpha value is -7.29. The van der Waals surface area contributed by atoms with Crippen LogP contribution in [0.4, 0.5) is 5.69 Å². The second-order valence-electron chi connectivity index (χ2n) is 14.7. The van der Waals surface area contributed by atoms with Gasteiger partial charge in [-0.25, -0.2) is 4.98 Å². The summed E-state index contributed by atoms with van der Waals surface area (Å²) in [6.07, 6.45) is 4.33. The smallest absolute Gasteiger partial charge is 0.0947 e. The zero-order valence-corrected chi connectivity index (χ0v) is 30.7. The van der Waals surface area contributed by atoms with Crippen molar-refractivity contribution < 1.29 is 0 Å². The number of aromatic nitrogens is 1. The van der Waals surface area contributed by atoms with E-state index in [1.165, 1.54) is 82.4 Å². The summed E-state index contributed by atoms with van der Waals surface area (Å²) in [6.45, 7) is 0.818. The Bertz CT molecular complexity index is 3160. The number of nitrogens with one attached hydrogen (secondary N) is 1. The van der Waals surface area contributed by atoms with Crippen LogP contribution in [0.5, 0.6) is 0 Å². The van der Waals surface area contributed by atoms with Gasteiger partial charge in [0.25, 0.3) is 0 Å². The number of hydrogen-bond acceptors (Lipinski definition) is 2. The molecule has 10 aromatic rings. The number of benzene rings is 9. The summed E-state index contributed by atoms with van der Waals surface area (Å²) in [4.78, 5) is 5.16. The molecule has 0 unspecified atom stereocenters. The molecule has 2 heterocycles. The summed E-state index contributed by atoms with van der Waals surface area (Å²) in [6, 6.07) is 68.7. The summed E-state index contributed by atoms with van der Waals surface area (Å²) >= 11 is 0. The van der Waals surface area contributed by atoms with Gasteiger partial charge in [0.1, 0.15) is 0 Å². The first-order valence-corrected chi connectivity index (χ1v) is 19.3. The third-order valence-corrected chi connectivity index (χ3v) is 11.4. The van der Waals surface area contributed by atoms with Gasteiger partial charge < -0.3 is 5.32 Å². The average Bonchev–Trinajstić information content (AvgIpc) is 3.28. The first kappa shape index (κ1) is 32.2. The number of nitrogens with zero attached hydrogens (tertiary/aromatic N) is 1. The van der Waals surface area contributed by atoms with Gasteiger partial charge in [0, 0.05) is 17.5 Å². The largest absolute Gasteiger partial charge is 0.379 e. The molecule has 2 heteroatoms. The van der Waals surface area contributed by atoms with Crippen molar-refractivity contribution in [2.24, 2.45) is 0 Å². The third-order valence-electron chi connectivity index (χ3n) is 11.4. The summed E-state index contributed by atoms with van der Waals surface area (Å²) in [7, 11) is 0. The molecule has 0 radical (unpaired) electrons. The van der Waals surface area contributed by atoms with E-state index in [1.54, 1.807) is 0 Å². The van der Waals surface area contributed by atoms with Crippen molar-refractivity contribution in [2.45, 2.75) is 0 Å². The Kier molecular flexibility index (Phi) is 7.60. The monoisotopic (exact) mass is 712 g/mol. The molecule has 56 heavy (non-hydrogen) atoms. The quantitative estimate of drug-likeness (QED) is 0.180. The molecule has 0 saturated carbocycles. The van der Waals surface area contributed by atoms with Crippen molar-refractivity contribution in [1.82, 2.24) is 4.98 Å². The Morgan fingerprint density at radius 3 is 1.75 bits per heavy atom. The van der Waals surface area contributed by atoms with E-state index in [2.05, 4.69) is 206 Å². The molecule has 0 spiro atoms. The van der Waals surface area contributed by atoms with Crippen molar-refractivity contribution in [3.05, 3.63) is 200 Å². The molecule has 11 rings (SSSR count). The van der Waals surface area contributed by atoms with Crippen molar-refractivity contribution in [1.29, 1.82) is 0 Å². The van der Waals surface area contributed by atoms with Crippen LogP contribution in [0.25, 0.3) is 105 Å². The van der Waals surface area contributed by atoms with Crippen LogP contribution in [0.3, 0.4) is 0 Å². The van der Waals surface area contributed by atoms with Gasteiger partial charge >= 0.3 is 0 Å².